The number of fused-ring (bicyclic) bond motifs is 1. The lowest BCUT2D eigenvalue weighted by molar-refractivity contribution is 0.0457. The fourth-order valence-electron chi connectivity index (χ4n) is 3.39. The average Bonchev–Trinajstić information content (AvgIpc) is 3.28. The van der Waals surface area contributed by atoms with Crippen molar-refractivity contribution in [3.05, 3.63) is 59.4 Å². The first-order chi connectivity index (χ1) is 12.2. The summed E-state index contributed by atoms with van der Waals surface area (Å²) in [5, 5.41) is 0.918. The molecule has 0 saturated heterocycles. The summed E-state index contributed by atoms with van der Waals surface area (Å²) in [6.07, 6.45) is 5.80. The third-order valence-corrected chi connectivity index (χ3v) is 4.76. The number of carbonyl (C=O) groups is 1. The molecule has 1 aliphatic rings. The second-order valence-electron chi connectivity index (χ2n) is 6.56. The van der Waals surface area contributed by atoms with E-state index in [9.17, 15) is 9.18 Å². The zero-order chi connectivity index (χ0) is 17.2. The summed E-state index contributed by atoms with van der Waals surface area (Å²) in [7, 11) is 0. The quantitative estimate of drug-likeness (QED) is 0.576. The fraction of sp³-hybridized carbons (Fsp3) is 0.286. The number of carbonyl (C=O) groups excluding carboxylic acids is 1. The molecule has 0 bridgehead atoms. The smallest absolute Gasteiger partial charge is 0.150 e. The maximum atomic E-state index is 14.2. The normalized spacial score (nSPS) is 15.1. The molecule has 4 rings (SSSR count). The molecule has 0 radical (unpaired) electrons. The molecule has 1 saturated carbocycles. The molecule has 4 heteroatoms. The van der Waals surface area contributed by atoms with Crippen LogP contribution in [0.3, 0.4) is 0 Å². The van der Waals surface area contributed by atoms with Gasteiger partial charge in [0.05, 0.1) is 18.3 Å². The van der Waals surface area contributed by atoms with Crippen LogP contribution in [0.2, 0.25) is 0 Å². The summed E-state index contributed by atoms with van der Waals surface area (Å²) in [5.41, 5.74) is 2.45. The Bertz CT molecular complexity index is 907. The van der Waals surface area contributed by atoms with Gasteiger partial charge in [0.25, 0.3) is 0 Å². The van der Waals surface area contributed by atoms with Crippen LogP contribution in [0.1, 0.15) is 41.6 Å². The highest BCUT2D eigenvalue weighted by molar-refractivity contribution is 5.84. The van der Waals surface area contributed by atoms with Crippen LogP contribution < -0.4 is 0 Å². The summed E-state index contributed by atoms with van der Waals surface area (Å²) in [6.45, 7) is 0.587. The van der Waals surface area contributed by atoms with Gasteiger partial charge in [0.15, 0.2) is 0 Å². The Balaban J connectivity index is 1.58. The Morgan fingerprint density at radius 3 is 2.72 bits per heavy atom. The summed E-state index contributed by atoms with van der Waals surface area (Å²) in [6, 6.07) is 12.1. The second-order valence-corrected chi connectivity index (χ2v) is 6.56. The van der Waals surface area contributed by atoms with Gasteiger partial charge in [-0.3, -0.25) is 4.79 Å². The summed E-state index contributed by atoms with van der Waals surface area (Å²) < 4.78 is 25.9. The largest absolute Gasteiger partial charge is 0.456 e. The van der Waals surface area contributed by atoms with Crippen LogP contribution in [-0.4, -0.2) is 12.4 Å². The number of aldehydes is 1. The molecular weight excluding hydrogens is 319 g/mol. The second kappa shape index (κ2) is 6.81. The van der Waals surface area contributed by atoms with Gasteiger partial charge in [-0.1, -0.05) is 25.0 Å². The Labute approximate surface area is 145 Å². The van der Waals surface area contributed by atoms with Gasteiger partial charge in [-0.25, -0.2) is 4.39 Å². The van der Waals surface area contributed by atoms with Crippen LogP contribution in [-0.2, 0) is 11.3 Å². The van der Waals surface area contributed by atoms with E-state index in [4.69, 9.17) is 9.15 Å². The zero-order valence-electron chi connectivity index (χ0n) is 13.8. The molecular formula is C21H19FO3. The van der Waals surface area contributed by atoms with Crippen molar-refractivity contribution in [3.8, 4) is 11.3 Å². The molecule has 0 spiro atoms. The Morgan fingerprint density at radius 1 is 1.12 bits per heavy atom. The van der Waals surface area contributed by atoms with E-state index in [-0.39, 0.29) is 0 Å². The van der Waals surface area contributed by atoms with Crippen LogP contribution in [0.5, 0.6) is 0 Å². The van der Waals surface area contributed by atoms with E-state index in [1.54, 1.807) is 12.1 Å². The van der Waals surface area contributed by atoms with E-state index in [2.05, 4.69) is 0 Å². The number of ether oxygens (including phenoxy) is 1. The predicted octanol–water partition coefficient (Wildman–Crippen LogP) is 5.51. The van der Waals surface area contributed by atoms with E-state index in [1.807, 2.05) is 24.3 Å². The van der Waals surface area contributed by atoms with Crippen molar-refractivity contribution in [2.45, 2.75) is 38.4 Å². The predicted molar refractivity (Wildman–Crippen MR) is 94.0 cm³/mol. The molecule has 2 aromatic carbocycles. The van der Waals surface area contributed by atoms with E-state index in [0.29, 0.717) is 41.5 Å². The summed E-state index contributed by atoms with van der Waals surface area (Å²) >= 11 is 0. The van der Waals surface area contributed by atoms with Crippen LogP contribution in [0, 0.1) is 5.82 Å². The SMILES string of the molecule is O=Cc1ccc(-c2cc3cc(COC4CCCC4)ccc3o2)c(F)c1. The Hall–Kier alpha value is -2.46. The number of hydrogen-bond donors (Lipinski definition) is 0. The van der Waals surface area contributed by atoms with Gasteiger partial charge in [0.2, 0.25) is 0 Å². The minimum atomic E-state index is -0.464. The lowest BCUT2D eigenvalue weighted by Crippen LogP contribution is -2.06. The first kappa shape index (κ1) is 16.0. The number of hydrogen-bond acceptors (Lipinski definition) is 3. The maximum absolute atomic E-state index is 14.2. The van der Waals surface area contributed by atoms with Gasteiger partial charge in [0.1, 0.15) is 23.4 Å². The molecule has 25 heavy (non-hydrogen) atoms. The minimum absolute atomic E-state index is 0.309. The van der Waals surface area contributed by atoms with Crippen molar-refractivity contribution < 1.29 is 18.3 Å². The van der Waals surface area contributed by atoms with Gasteiger partial charge in [-0.05, 0) is 48.7 Å². The van der Waals surface area contributed by atoms with Gasteiger partial charge >= 0.3 is 0 Å². The summed E-state index contributed by atoms with van der Waals surface area (Å²) in [4.78, 5) is 10.7. The summed E-state index contributed by atoms with van der Waals surface area (Å²) in [5.74, 6) is -0.00717. The molecule has 3 nitrogen and oxygen atoms in total. The lowest BCUT2D eigenvalue weighted by atomic mass is 10.1. The highest BCUT2D eigenvalue weighted by Gasteiger charge is 2.16. The molecule has 1 heterocycles. The third kappa shape index (κ3) is 3.35. The van der Waals surface area contributed by atoms with E-state index >= 15 is 0 Å². The lowest BCUT2D eigenvalue weighted by Gasteiger charge is -2.10. The van der Waals surface area contributed by atoms with Gasteiger partial charge < -0.3 is 9.15 Å². The molecule has 0 N–H and O–H groups in total. The molecule has 0 unspecified atom stereocenters. The van der Waals surface area contributed by atoms with Gasteiger partial charge in [0, 0.05) is 10.9 Å². The number of benzene rings is 2. The molecule has 0 atom stereocenters. The number of furan rings is 1. The van der Waals surface area contributed by atoms with Crippen LogP contribution in [0.4, 0.5) is 4.39 Å². The highest BCUT2D eigenvalue weighted by atomic mass is 19.1. The van der Waals surface area contributed by atoms with E-state index < -0.39 is 5.82 Å². The van der Waals surface area contributed by atoms with Crippen LogP contribution in [0.15, 0.2) is 46.9 Å². The van der Waals surface area contributed by atoms with E-state index in [0.717, 1.165) is 23.8 Å². The monoisotopic (exact) mass is 338 g/mol. The Kier molecular flexibility index (Phi) is 4.36. The highest BCUT2D eigenvalue weighted by Crippen LogP contribution is 2.31. The molecule has 0 aliphatic heterocycles. The van der Waals surface area contributed by atoms with Crippen LogP contribution >= 0.6 is 0 Å². The molecule has 1 aromatic heterocycles. The fourth-order valence-corrected chi connectivity index (χ4v) is 3.39. The van der Waals surface area contributed by atoms with Crippen molar-refractivity contribution in [3.63, 3.8) is 0 Å². The van der Waals surface area contributed by atoms with Crippen molar-refractivity contribution in [2.24, 2.45) is 0 Å². The van der Waals surface area contributed by atoms with Crippen molar-refractivity contribution in [2.75, 3.05) is 0 Å². The third-order valence-electron chi connectivity index (χ3n) is 4.76. The molecule has 1 fully saturated rings. The molecule has 3 aromatic rings. The molecule has 128 valence electrons. The Morgan fingerprint density at radius 2 is 1.96 bits per heavy atom. The average molecular weight is 338 g/mol. The van der Waals surface area contributed by atoms with Crippen LogP contribution in [0.25, 0.3) is 22.3 Å². The minimum Gasteiger partial charge on any atom is -0.456 e. The molecule has 0 amide bonds. The van der Waals surface area contributed by atoms with Crippen molar-refractivity contribution >= 4 is 17.3 Å². The van der Waals surface area contributed by atoms with Gasteiger partial charge in [-0.2, -0.15) is 0 Å². The number of halogens is 1. The van der Waals surface area contributed by atoms with E-state index in [1.165, 1.54) is 18.9 Å². The molecule has 1 aliphatic carbocycles. The van der Waals surface area contributed by atoms with Crippen molar-refractivity contribution in [1.82, 2.24) is 0 Å². The zero-order valence-corrected chi connectivity index (χ0v) is 13.8. The van der Waals surface area contributed by atoms with Gasteiger partial charge in [-0.15, -0.1) is 0 Å². The topological polar surface area (TPSA) is 39.4 Å². The first-order valence-corrected chi connectivity index (χ1v) is 8.62. The first-order valence-electron chi connectivity index (χ1n) is 8.62. The maximum Gasteiger partial charge on any atom is 0.150 e. The van der Waals surface area contributed by atoms with Crippen molar-refractivity contribution in [1.29, 1.82) is 0 Å². The standard InChI is InChI=1S/C21H19FO3/c22-19-10-14(12-23)5-7-18(19)21-11-16-9-15(6-8-20(16)25-21)13-24-17-3-1-2-4-17/h5-12,17H,1-4,13H2. The number of rotatable bonds is 5.